The quantitative estimate of drug-likeness (QED) is 0.883. The molecule has 0 bridgehead atoms. The summed E-state index contributed by atoms with van der Waals surface area (Å²) in [6.45, 7) is 5.70. The summed E-state index contributed by atoms with van der Waals surface area (Å²) in [5, 5.41) is 10.2. The van der Waals surface area contributed by atoms with Crippen molar-refractivity contribution in [2.45, 2.75) is 19.1 Å². The number of halogens is 1. The number of benzene rings is 1. The molecule has 1 aromatic carbocycles. The summed E-state index contributed by atoms with van der Waals surface area (Å²) in [4.78, 5) is 4.55. The topological polar surface area (TPSA) is 26.7 Å². The second-order valence-electron chi connectivity index (χ2n) is 5.18. The summed E-state index contributed by atoms with van der Waals surface area (Å²) in [5.74, 6) is -0.294. The number of hydrogen-bond acceptors (Lipinski definition) is 3. The summed E-state index contributed by atoms with van der Waals surface area (Å²) >= 11 is 0. The van der Waals surface area contributed by atoms with Gasteiger partial charge in [0.15, 0.2) is 0 Å². The third kappa shape index (κ3) is 3.28. The van der Waals surface area contributed by atoms with Crippen molar-refractivity contribution >= 4 is 0 Å². The molecule has 18 heavy (non-hydrogen) atoms. The van der Waals surface area contributed by atoms with Crippen LogP contribution in [0.1, 0.15) is 18.6 Å². The number of piperazine rings is 1. The highest BCUT2D eigenvalue weighted by atomic mass is 19.1. The lowest BCUT2D eigenvalue weighted by molar-refractivity contribution is 0.0473. The van der Waals surface area contributed by atoms with Crippen molar-refractivity contribution in [1.29, 1.82) is 0 Å². The predicted octanol–water partition coefficient (Wildman–Crippen LogP) is 1.49. The maximum atomic E-state index is 13.1. The van der Waals surface area contributed by atoms with Gasteiger partial charge in [-0.15, -0.1) is 0 Å². The molecule has 2 rings (SSSR count). The van der Waals surface area contributed by atoms with Gasteiger partial charge in [-0.1, -0.05) is 12.1 Å². The Kier molecular flexibility index (Phi) is 4.32. The Labute approximate surface area is 108 Å². The first-order valence-electron chi connectivity index (χ1n) is 6.42. The van der Waals surface area contributed by atoms with Gasteiger partial charge in [0.1, 0.15) is 5.82 Å². The van der Waals surface area contributed by atoms with Crippen LogP contribution >= 0.6 is 0 Å². The van der Waals surface area contributed by atoms with Crippen molar-refractivity contribution in [3.8, 4) is 0 Å². The molecular formula is C14H21FN2O. The molecule has 4 heteroatoms. The predicted molar refractivity (Wildman–Crippen MR) is 69.9 cm³/mol. The molecule has 0 amide bonds. The smallest absolute Gasteiger partial charge is 0.123 e. The minimum absolute atomic E-state index is 0.294. The number of nitrogens with zero attached hydrogens (tertiary/aromatic N) is 2. The Balaban J connectivity index is 1.97. The molecule has 1 aliphatic heterocycles. The first-order valence-corrected chi connectivity index (χ1v) is 6.42. The van der Waals surface area contributed by atoms with Gasteiger partial charge in [-0.2, -0.15) is 0 Å². The van der Waals surface area contributed by atoms with Gasteiger partial charge in [0.2, 0.25) is 0 Å². The summed E-state index contributed by atoms with van der Waals surface area (Å²) in [5.41, 5.74) is 0.654. The molecule has 1 N–H and O–H groups in total. The number of β-amino-alcohol motifs (C(OH)–C–C–N with tert-alkyl or cyclic N) is 1. The largest absolute Gasteiger partial charge is 0.387 e. The molecule has 1 saturated heterocycles. The molecule has 0 aromatic heterocycles. The van der Waals surface area contributed by atoms with Crippen LogP contribution in [0, 0.1) is 5.82 Å². The van der Waals surface area contributed by atoms with Crippen LogP contribution < -0.4 is 0 Å². The number of likely N-dealkylation sites (N-methyl/N-ethyl adjacent to an activating group) is 1. The van der Waals surface area contributed by atoms with Crippen LogP contribution in [0.3, 0.4) is 0 Å². The van der Waals surface area contributed by atoms with Crippen LogP contribution in [-0.2, 0) is 0 Å². The van der Waals surface area contributed by atoms with Crippen LogP contribution in [-0.4, -0.2) is 54.2 Å². The SMILES string of the molecule is C[C@H]1CN(C)CCN1C[C@H](O)c1cccc(F)c1. The lowest BCUT2D eigenvalue weighted by atomic mass is 10.1. The van der Waals surface area contributed by atoms with Crippen molar-refractivity contribution in [2.24, 2.45) is 0 Å². The van der Waals surface area contributed by atoms with E-state index in [1.165, 1.54) is 12.1 Å². The lowest BCUT2D eigenvalue weighted by Gasteiger charge is -2.39. The molecule has 1 heterocycles. The van der Waals surface area contributed by atoms with Crippen LogP contribution in [0.25, 0.3) is 0 Å². The average Bonchev–Trinajstić information content (AvgIpc) is 2.32. The zero-order chi connectivity index (χ0) is 13.1. The number of aliphatic hydroxyl groups is 1. The fourth-order valence-corrected chi connectivity index (χ4v) is 2.49. The molecule has 100 valence electrons. The molecule has 2 atom stereocenters. The molecule has 0 aliphatic carbocycles. The minimum Gasteiger partial charge on any atom is -0.387 e. The Morgan fingerprint density at radius 2 is 2.22 bits per heavy atom. The molecular weight excluding hydrogens is 231 g/mol. The Hall–Kier alpha value is -0.970. The monoisotopic (exact) mass is 252 g/mol. The van der Waals surface area contributed by atoms with Gasteiger partial charge in [0.25, 0.3) is 0 Å². The van der Waals surface area contributed by atoms with E-state index in [9.17, 15) is 9.50 Å². The number of rotatable bonds is 3. The molecule has 0 radical (unpaired) electrons. The highest BCUT2D eigenvalue weighted by Crippen LogP contribution is 2.18. The van der Waals surface area contributed by atoms with E-state index in [2.05, 4.69) is 23.8 Å². The van der Waals surface area contributed by atoms with Gasteiger partial charge in [-0.05, 0) is 31.7 Å². The molecule has 3 nitrogen and oxygen atoms in total. The third-order valence-electron chi connectivity index (χ3n) is 3.61. The maximum absolute atomic E-state index is 13.1. The van der Waals surface area contributed by atoms with E-state index < -0.39 is 6.10 Å². The number of hydrogen-bond donors (Lipinski definition) is 1. The van der Waals surface area contributed by atoms with E-state index in [0.717, 1.165) is 19.6 Å². The van der Waals surface area contributed by atoms with Crippen LogP contribution in [0.4, 0.5) is 4.39 Å². The van der Waals surface area contributed by atoms with Gasteiger partial charge in [-0.25, -0.2) is 4.39 Å². The molecule has 1 aromatic rings. The van der Waals surface area contributed by atoms with Gasteiger partial charge < -0.3 is 10.0 Å². The third-order valence-corrected chi connectivity index (χ3v) is 3.61. The first-order chi connectivity index (χ1) is 8.56. The fraction of sp³-hybridized carbons (Fsp3) is 0.571. The van der Waals surface area contributed by atoms with E-state index in [0.29, 0.717) is 18.2 Å². The van der Waals surface area contributed by atoms with Crippen molar-refractivity contribution in [3.63, 3.8) is 0 Å². The van der Waals surface area contributed by atoms with Crippen LogP contribution in [0.5, 0.6) is 0 Å². The first kappa shape index (κ1) is 13.5. The summed E-state index contributed by atoms with van der Waals surface area (Å²) in [6.07, 6.45) is -0.619. The van der Waals surface area contributed by atoms with Crippen molar-refractivity contribution in [2.75, 3.05) is 33.2 Å². The Morgan fingerprint density at radius 3 is 2.89 bits per heavy atom. The van der Waals surface area contributed by atoms with Crippen molar-refractivity contribution < 1.29 is 9.50 Å². The maximum Gasteiger partial charge on any atom is 0.123 e. The number of aliphatic hydroxyl groups excluding tert-OH is 1. The van der Waals surface area contributed by atoms with Crippen molar-refractivity contribution in [3.05, 3.63) is 35.6 Å². The van der Waals surface area contributed by atoms with E-state index in [-0.39, 0.29) is 5.82 Å². The van der Waals surface area contributed by atoms with E-state index >= 15 is 0 Å². The Bertz CT molecular complexity index is 399. The molecule has 1 fully saturated rings. The average molecular weight is 252 g/mol. The highest BCUT2D eigenvalue weighted by molar-refractivity contribution is 5.19. The molecule has 0 spiro atoms. The van der Waals surface area contributed by atoms with Gasteiger partial charge in [0, 0.05) is 32.2 Å². The van der Waals surface area contributed by atoms with E-state index in [1.54, 1.807) is 12.1 Å². The lowest BCUT2D eigenvalue weighted by Crippen LogP contribution is -2.51. The second kappa shape index (κ2) is 5.78. The van der Waals surface area contributed by atoms with Gasteiger partial charge >= 0.3 is 0 Å². The summed E-state index contributed by atoms with van der Waals surface area (Å²) in [7, 11) is 2.11. The zero-order valence-electron chi connectivity index (χ0n) is 11.0. The summed E-state index contributed by atoms with van der Waals surface area (Å²) in [6, 6.07) is 6.64. The summed E-state index contributed by atoms with van der Waals surface area (Å²) < 4.78 is 13.1. The van der Waals surface area contributed by atoms with Crippen LogP contribution in [0.2, 0.25) is 0 Å². The van der Waals surface area contributed by atoms with Crippen LogP contribution in [0.15, 0.2) is 24.3 Å². The molecule has 1 aliphatic rings. The van der Waals surface area contributed by atoms with E-state index in [4.69, 9.17) is 0 Å². The zero-order valence-corrected chi connectivity index (χ0v) is 11.0. The normalized spacial score (nSPS) is 24.1. The molecule has 0 saturated carbocycles. The van der Waals surface area contributed by atoms with Crippen molar-refractivity contribution in [1.82, 2.24) is 9.80 Å². The Morgan fingerprint density at radius 1 is 1.44 bits per heavy atom. The highest BCUT2D eigenvalue weighted by Gasteiger charge is 2.23. The molecule has 0 unspecified atom stereocenters. The van der Waals surface area contributed by atoms with Gasteiger partial charge in [0.05, 0.1) is 6.10 Å². The van der Waals surface area contributed by atoms with E-state index in [1.807, 2.05) is 0 Å². The minimum atomic E-state index is -0.619. The fourth-order valence-electron chi connectivity index (χ4n) is 2.49. The standard InChI is InChI=1S/C14H21FN2O/c1-11-9-16(2)6-7-17(11)10-14(18)12-4-3-5-13(15)8-12/h3-5,8,11,14,18H,6-7,9-10H2,1-2H3/t11-,14-/m0/s1. The van der Waals surface area contributed by atoms with Gasteiger partial charge in [-0.3, -0.25) is 4.90 Å². The second-order valence-corrected chi connectivity index (χ2v) is 5.18.